The van der Waals surface area contributed by atoms with Crippen LogP contribution in [-0.4, -0.2) is 18.3 Å². The van der Waals surface area contributed by atoms with E-state index in [1.54, 1.807) is 19.2 Å². The van der Waals surface area contributed by atoms with Crippen molar-refractivity contribution in [2.45, 2.75) is 32.2 Å². The molecule has 0 aliphatic heterocycles. The summed E-state index contributed by atoms with van der Waals surface area (Å²) in [4.78, 5) is 0. The molecule has 15 heavy (non-hydrogen) atoms. The van der Waals surface area contributed by atoms with Crippen LogP contribution in [0.4, 0.5) is 0 Å². The van der Waals surface area contributed by atoms with Crippen LogP contribution in [0.15, 0.2) is 18.2 Å². The number of hydrogen-bond donors (Lipinski definition) is 2. The van der Waals surface area contributed by atoms with Gasteiger partial charge in [0.15, 0.2) is 11.5 Å². The largest absolute Gasteiger partial charge is 0.504 e. The first-order chi connectivity index (χ1) is 7.04. The summed E-state index contributed by atoms with van der Waals surface area (Å²) in [5, 5.41) is 9.62. The summed E-state index contributed by atoms with van der Waals surface area (Å²) < 4.78 is 4.99. The van der Waals surface area contributed by atoms with Crippen molar-refractivity contribution in [3.05, 3.63) is 23.8 Å². The lowest BCUT2D eigenvalue weighted by molar-refractivity contribution is 0.372. The number of phenolic OH excluding ortho intramolecular Hbond substituents is 1. The summed E-state index contributed by atoms with van der Waals surface area (Å²) in [5.74, 6) is 1.04. The predicted molar refractivity (Wildman–Crippen MR) is 61.3 cm³/mol. The summed E-state index contributed by atoms with van der Waals surface area (Å²) in [6, 6.07) is 5.66. The van der Waals surface area contributed by atoms with Crippen LogP contribution in [0.25, 0.3) is 0 Å². The molecule has 84 valence electrons. The zero-order chi connectivity index (χ0) is 11.4. The fraction of sp³-hybridized carbons (Fsp3) is 0.500. The number of ether oxygens (including phenoxy) is 1. The van der Waals surface area contributed by atoms with Crippen molar-refractivity contribution in [3.8, 4) is 11.5 Å². The third kappa shape index (κ3) is 3.13. The highest BCUT2D eigenvalue weighted by Gasteiger charge is 2.10. The van der Waals surface area contributed by atoms with Gasteiger partial charge in [0.2, 0.25) is 0 Å². The topological polar surface area (TPSA) is 55.5 Å². The summed E-state index contributed by atoms with van der Waals surface area (Å²) in [5.41, 5.74) is 6.83. The number of methoxy groups -OCH3 is 1. The predicted octanol–water partition coefficient (Wildman–Crippen LogP) is 2.24. The third-order valence-electron chi connectivity index (χ3n) is 2.50. The average molecular weight is 209 g/mol. The van der Waals surface area contributed by atoms with Gasteiger partial charge in [-0.3, -0.25) is 0 Å². The summed E-state index contributed by atoms with van der Waals surface area (Å²) in [7, 11) is 1.54. The number of phenols is 1. The summed E-state index contributed by atoms with van der Waals surface area (Å²) in [6.07, 6.45) is 0.909. The van der Waals surface area contributed by atoms with E-state index in [1.165, 1.54) is 0 Å². The Balaban J connectivity index is 2.82. The van der Waals surface area contributed by atoms with Crippen molar-refractivity contribution < 1.29 is 9.84 Å². The summed E-state index contributed by atoms with van der Waals surface area (Å²) in [6.45, 7) is 4.09. The Morgan fingerprint density at radius 1 is 1.40 bits per heavy atom. The lowest BCUT2D eigenvalue weighted by atomic mass is 9.94. The van der Waals surface area contributed by atoms with E-state index in [2.05, 4.69) is 6.92 Å². The van der Waals surface area contributed by atoms with Gasteiger partial charge < -0.3 is 15.6 Å². The van der Waals surface area contributed by atoms with Gasteiger partial charge in [0, 0.05) is 6.04 Å². The maximum absolute atomic E-state index is 9.62. The molecule has 0 bridgehead atoms. The van der Waals surface area contributed by atoms with Gasteiger partial charge in [0.25, 0.3) is 0 Å². The molecule has 1 rings (SSSR count). The molecular weight excluding hydrogens is 190 g/mol. The molecule has 1 aromatic carbocycles. The monoisotopic (exact) mass is 209 g/mol. The van der Waals surface area contributed by atoms with Gasteiger partial charge in [0.05, 0.1) is 7.11 Å². The minimum Gasteiger partial charge on any atom is -0.504 e. The van der Waals surface area contributed by atoms with Gasteiger partial charge in [-0.2, -0.15) is 0 Å². The van der Waals surface area contributed by atoms with Crippen molar-refractivity contribution in [2.24, 2.45) is 5.73 Å². The molecule has 0 radical (unpaired) electrons. The summed E-state index contributed by atoms with van der Waals surface area (Å²) >= 11 is 0. The molecule has 0 aromatic heterocycles. The molecule has 0 spiro atoms. The first-order valence-electron chi connectivity index (χ1n) is 5.17. The van der Waals surface area contributed by atoms with Crippen LogP contribution >= 0.6 is 0 Å². The molecule has 0 aliphatic carbocycles. The molecular formula is C12H19NO2. The number of rotatable bonds is 4. The Morgan fingerprint density at radius 2 is 2.07 bits per heavy atom. The quantitative estimate of drug-likeness (QED) is 0.799. The zero-order valence-electron chi connectivity index (χ0n) is 9.53. The number of hydrogen-bond acceptors (Lipinski definition) is 3. The molecule has 3 heteroatoms. The van der Waals surface area contributed by atoms with Gasteiger partial charge in [0.1, 0.15) is 0 Å². The van der Waals surface area contributed by atoms with Crippen molar-refractivity contribution >= 4 is 0 Å². The molecule has 0 fully saturated rings. The molecule has 1 aromatic rings. The fourth-order valence-corrected chi connectivity index (χ4v) is 1.71. The zero-order valence-corrected chi connectivity index (χ0v) is 9.53. The molecule has 0 saturated heterocycles. The number of nitrogens with two attached hydrogens (primary N) is 1. The number of aromatic hydroxyl groups is 1. The van der Waals surface area contributed by atoms with Gasteiger partial charge >= 0.3 is 0 Å². The van der Waals surface area contributed by atoms with Crippen molar-refractivity contribution in [3.63, 3.8) is 0 Å². The second kappa shape index (κ2) is 5.03. The van der Waals surface area contributed by atoms with Crippen LogP contribution in [0.1, 0.15) is 31.7 Å². The third-order valence-corrected chi connectivity index (χ3v) is 2.50. The molecule has 0 saturated carbocycles. The highest BCUT2D eigenvalue weighted by atomic mass is 16.5. The standard InChI is InChI=1S/C12H19NO2/c1-8(6-9(2)13)10-4-5-12(15-3)11(14)7-10/h4-5,7-9,14H,6,13H2,1-3H3. The van der Waals surface area contributed by atoms with E-state index in [1.807, 2.05) is 13.0 Å². The highest BCUT2D eigenvalue weighted by Crippen LogP contribution is 2.30. The normalized spacial score (nSPS) is 14.7. The maximum Gasteiger partial charge on any atom is 0.160 e. The Kier molecular flexibility index (Phi) is 3.97. The van der Waals surface area contributed by atoms with Crippen molar-refractivity contribution in [1.29, 1.82) is 0 Å². The van der Waals surface area contributed by atoms with Crippen LogP contribution in [-0.2, 0) is 0 Å². The van der Waals surface area contributed by atoms with E-state index >= 15 is 0 Å². The van der Waals surface area contributed by atoms with E-state index in [0.29, 0.717) is 11.7 Å². The lowest BCUT2D eigenvalue weighted by Gasteiger charge is -2.15. The van der Waals surface area contributed by atoms with E-state index in [4.69, 9.17) is 10.5 Å². The Morgan fingerprint density at radius 3 is 2.53 bits per heavy atom. The highest BCUT2D eigenvalue weighted by molar-refractivity contribution is 5.42. The van der Waals surface area contributed by atoms with Crippen molar-refractivity contribution in [2.75, 3.05) is 7.11 Å². The molecule has 0 heterocycles. The van der Waals surface area contributed by atoms with E-state index in [0.717, 1.165) is 12.0 Å². The van der Waals surface area contributed by atoms with Crippen LogP contribution in [0.2, 0.25) is 0 Å². The van der Waals surface area contributed by atoms with E-state index in [9.17, 15) is 5.11 Å². The Labute approximate surface area is 90.9 Å². The fourth-order valence-electron chi connectivity index (χ4n) is 1.71. The smallest absolute Gasteiger partial charge is 0.160 e. The second-order valence-electron chi connectivity index (χ2n) is 4.05. The van der Waals surface area contributed by atoms with Gasteiger partial charge in [-0.25, -0.2) is 0 Å². The minimum absolute atomic E-state index is 0.171. The molecule has 0 aliphatic rings. The maximum atomic E-state index is 9.62. The minimum atomic E-state index is 0.171. The lowest BCUT2D eigenvalue weighted by Crippen LogP contribution is -2.17. The van der Waals surface area contributed by atoms with E-state index < -0.39 is 0 Å². The first kappa shape index (κ1) is 11.9. The molecule has 3 nitrogen and oxygen atoms in total. The van der Waals surface area contributed by atoms with Gasteiger partial charge in [-0.05, 0) is 37.0 Å². The van der Waals surface area contributed by atoms with Crippen molar-refractivity contribution in [1.82, 2.24) is 0 Å². The number of benzene rings is 1. The van der Waals surface area contributed by atoms with Crippen LogP contribution < -0.4 is 10.5 Å². The second-order valence-corrected chi connectivity index (χ2v) is 4.05. The Bertz CT molecular complexity index is 323. The average Bonchev–Trinajstić information content (AvgIpc) is 2.16. The van der Waals surface area contributed by atoms with Crippen LogP contribution in [0.3, 0.4) is 0 Å². The Hall–Kier alpha value is -1.22. The molecule has 0 amide bonds. The van der Waals surface area contributed by atoms with Crippen LogP contribution in [0, 0.1) is 0 Å². The molecule has 3 N–H and O–H groups in total. The first-order valence-corrected chi connectivity index (χ1v) is 5.17. The molecule has 2 atom stereocenters. The van der Waals surface area contributed by atoms with Gasteiger partial charge in [-0.15, -0.1) is 0 Å². The van der Waals surface area contributed by atoms with Gasteiger partial charge in [-0.1, -0.05) is 13.0 Å². The molecule has 2 unspecified atom stereocenters. The van der Waals surface area contributed by atoms with E-state index in [-0.39, 0.29) is 11.8 Å². The SMILES string of the molecule is COc1ccc(C(C)CC(C)N)cc1O. The van der Waals surface area contributed by atoms with Crippen LogP contribution in [0.5, 0.6) is 11.5 Å².